The van der Waals surface area contributed by atoms with E-state index in [1.807, 2.05) is 6.07 Å². The summed E-state index contributed by atoms with van der Waals surface area (Å²) in [6.45, 7) is 0.505. The Hall–Kier alpha value is -1.33. The number of aliphatic carboxylic acids is 1. The van der Waals surface area contributed by atoms with E-state index >= 15 is 0 Å². The molecule has 2 heterocycles. The maximum Gasteiger partial charge on any atom is 0.326 e. The number of amides is 1. The summed E-state index contributed by atoms with van der Waals surface area (Å²) in [6.07, 6.45) is 5.33. The van der Waals surface area contributed by atoms with Gasteiger partial charge in [-0.1, -0.05) is 11.6 Å². The van der Waals surface area contributed by atoms with Crippen molar-refractivity contribution in [3.8, 4) is 0 Å². The Labute approximate surface area is 120 Å². The van der Waals surface area contributed by atoms with E-state index in [4.69, 9.17) is 16.7 Å². The number of hydrogen-bond donors (Lipinski definition) is 1. The van der Waals surface area contributed by atoms with E-state index in [-0.39, 0.29) is 5.91 Å². The lowest BCUT2D eigenvalue weighted by atomic mass is 10.0. The minimum Gasteiger partial charge on any atom is -0.480 e. The zero-order valence-corrected chi connectivity index (χ0v) is 11.8. The molecule has 102 valence electrons. The summed E-state index contributed by atoms with van der Waals surface area (Å²) < 4.78 is 0.661. The van der Waals surface area contributed by atoms with Gasteiger partial charge in [-0.05, 0) is 37.5 Å². The molecular weight excluding hydrogens is 286 g/mol. The number of carbonyl (C=O) groups excluding carboxylic acids is 1. The lowest BCUT2D eigenvalue weighted by Gasteiger charge is -2.32. The second kappa shape index (κ2) is 6.21. The zero-order chi connectivity index (χ0) is 13.8. The van der Waals surface area contributed by atoms with Gasteiger partial charge in [-0.3, -0.25) is 4.79 Å². The van der Waals surface area contributed by atoms with Crippen molar-refractivity contribution in [1.29, 1.82) is 0 Å². The van der Waals surface area contributed by atoms with Crippen LogP contribution in [0.5, 0.6) is 0 Å². The van der Waals surface area contributed by atoms with Gasteiger partial charge in [0.05, 0.1) is 4.34 Å². The molecule has 4 nitrogen and oxygen atoms in total. The predicted octanol–water partition coefficient (Wildman–Crippen LogP) is 2.88. The molecule has 1 N–H and O–H groups in total. The zero-order valence-electron chi connectivity index (χ0n) is 10.2. The highest BCUT2D eigenvalue weighted by Crippen LogP contribution is 2.23. The van der Waals surface area contributed by atoms with Crippen LogP contribution < -0.4 is 0 Å². The van der Waals surface area contributed by atoms with Gasteiger partial charge in [0, 0.05) is 17.5 Å². The molecule has 0 bridgehead atoms. The largest absolute Gasteiger partial charge is 0.480 e. The molecule has 1 atom stereocenters. The smallest absolute Gasteiger partial charge is 0.326 e. The summed E-state index contributed by atoms with van der Waals surface area (Å²) in [6, 6.07) is 2.89. The van der Waals surface area contributed by atoms with Crippen molar-refractivity contribution in [2.24, 2.45) is 0 Å². The van der Waals surface area contributed by atoms with Crippen molar-refractivity contribution in [1.82, 2.24) is 4.90 Å². The first kappa shape index (κ1) is 14.1. The average molecular weight is 300 g/mol. The maximum absolute atomic E-state index is 12.0. The minimum absolute atomic E-state index is 0.253. The SMILES string of the molecule is O=C(O)C1CCCCN1C(=O)/C=C/c1ccc(Cl)s1. The molecular formula is C13H14ClNO3S. The van der Waals surface area contributed by atoms with Gasteiger partial charge in [-0.25, -0.2) is 4.79 Å². The van der Waals surface area contributed by atoms with E-state index in [9.17, 15) is 9.59 Å². The van der Waals surface area contributed by atoms with Crippen molar-refractivity contribution in [2.45, 2.75) is 25.3 Å². The Morgan fingerprint density at radius 1 is 1.42 bits per heavy atom. The van der Waals surface area contributed by atoms with Crippen LogP contribution in [0.3, 0.4) is 0 Å². The van der Waals surface area contributed by atoms with E-state index in [1.165, 1.54) is 22.3 Å². The molecule has 1 aromatic heterocycles. The van der Waals surface area contributed by atoms with E-state index < -0.39 is 12.0 Å². The standard InChI is InChI=1S/C13H14ClNO3S/c14-11-6-4-9(19-11)5-7-12(16)15-8-2-1-3-10(15)13(17)18/h4-7,10H,1-3,8H2,(H,17,18)/b7-5+. The highest BCUT2D eigenvalue weighted by molar-refractivity contribution is 7.17. The van der Waals surface area contributed by atoms with Crippen LogP contribution in [0.4, 0.5) is 0 Å². The number of halogens is 1. The molecule has 0 aromatic carbocycles. The summed E-state index contributed by atoms with van der Waals surface area (Å²) in [7, 11) is 0. The lowest BCUT2D eigenvalue weighted by Crippen LogP contribution is -2.47. The highest BCUT2D eigenvalue weighted by atomic mass is 35.5. The number of thiophene rings is 1. The first-order valence-corrected chi connectivity index (χ1v) is 7.24. The molecule has 1 fully saturated rings. The van der Waals surface area contributed by atoms with Gasteiger partial charge >= 0.3 is 5.97 Å². The molecule has 1 unspecified atom stereocenters. The molecule has 0 saturated carbocycles. The van der Waals surface area contributed by atoms with E-state index in [0.717, 1.165) is 17.7 Å². The topological polar surface area (TPSA) is 57.6 Å². The Morgan fingerprint density at radius 3 is 2.84 bits per heavy atom. The van der Waals surface area contributed by atoms with Crippen LogP contribution >= 0.6 is 22.9 Å². The predicted molar refractivity (Wildman–Crippen MR) is 75.4 cm³/mol. The van der Waals surface area contributed by atoms with Crippen LogP contribution in [-0.2, 0) is 9.59 Å². The fourth-order valence-corrected chi connectivity index (χ4v) is 3.08. The quantitative estimate of drug-likeness (QED) is 0.873. The first-order chi connectivity index (χ1) is 9.08. The van der Waals surface area contributed by atoms with E-state index in [2.05, 4.69) is 0 Å². The summed E-state index contributed by atoms with van der Waals surface area (Å²) in [5.74, 6) is -1.18. The molecule has 19 heavy (non-hydrogen) atoms. The molecule has 6 heteroatoms. The normalized spacial score (nSPS) is 19.8. The van der Waals surface area contributed by atoms with Crippen molar-refractivity contribution >= 4 is 40.9 Å². The summed E-state index contributed by atoms with van der Waals surface area (Å²) in [4.78, 5) is 25.5. The molecule has 0 radical (unpaired) electrons. The van der Waals surface area contributed by atoms with Gasteiger partial charge in [0.1, 0.15) is 6.04 Å². The molecule has 1 amide bonds. The summed E-state index contributed by atoms with van der Waals surface area (Å²) >= 11 is 7.18. The molecule has 1 saturated heterocycles. The van der Waals surface area contributed by atoms with Gasteiger partial charge in [-0.2, -0.15) is 0 Å². The number of rotatable bonds is 3. The first-order valence-electron chi connectivity index (χ1n) is 6.05. The number of likely N-dealkylation sites (tertiary alicyclic amines) is 1. The molecule has 0 spiro atoms. The summed E-state index contributed by atoms with van der Waals surface area (Å²) in [5.41, 5.74) is 0. The maximum atomic E-state index is 12.0. The third-order valence-electron chi connectivity index (χ3n) is 3.06. The third kappa shape index (κ3) is 3.58. The number of piperidine rings is 1. The minimum atomic E-state index is -0.930. The van der Waals surface area contributed by atoms with Gasteiger partial charge in [0.2, 0.25) is 5.91 Å². The number of nitrogens with zero attached hydrogens (tertiary/aromatic N) is 1. The van der Waals surface area contributed by atoms with Crippen molar-refractivity contribution in [3.05, 3.63) is 27.4 Å². The van der Waals surface area contributed by atoms with E-state index in [0.29, 0.717) is 17.3 Å². The summed E-state index contributed by atoms with van der Waals surface area (Å²) in [5, 5.41) is 9.11. The lowest BCUT2D eigenvalue weighted by molar-refractivity contribution is -0.150. The number of carboxylic acid groups (broad SMARTS) is 1. The van der Waals surface area contributed by atoms with Crippen LogP contribution in [0.25, 0.3) is 6.08 Å². The van der Waals surface area contributed by atoms with Crippen LogP contribution in [0.1, 0.15) is 24.1 Å². The van der Waals surface area contributed by atoms with Gasteiger partial charge in [-0.15, -0.1) is 11.3 Å². The van der Waals surface area contributed by atoms with Crippen molar-refractivity contribution < 1.29 is 14.7 Å². The van der Waals surface area contributed by atoms with Crippen LogP contribution in [0.15, 0.2) is 18.2 Å². The number of carbonyl (C=O) groups is 2. The monoisotopic (exact) mass is 299 g/mol. The average Bonchev–Trinajstić information content (AvgIpc) is 2.81. The third-order valence-corrected chi connectivity index (χ3v) is 4.25. The van der Waals surface area contributed by atoms with Crippen molar-refractivity contribution in [2.75, 3.05) is 6.54 Å². The van der Waals surface area contributed by atoms with Gasteiger partial charge in [0.15, 0.2) is 0 Å². The molecule has 0 aliphatic carbocycles. The molecule has 1 aliphatic rings. The second-order valence-corrected chi connectivity index (χ2v) is 6.10. The van der Waals surface area contributed by atoms with Crippen molar-refractivity contribution in [3.63, 3.8) is 0 Å². The fourth-order valence-electron chi connectivity index (χ4n) is 2.12. The highest BCUT2D eigenvalue weighted by Gasteiger charge is 2.30. The Balaban J connectivity index is 2.05. The van der Waals surface area contributed by atoms with Crippen LogP contribution in [-0.4, -0.2) is 34.5 Å². The Morgan fingerprint density at radius 2 is 2.21 bits per heavy atom. The van der Waals surface area contributed by atoms with Crippen LogP contribution in [0.2, 0.25) is 4.34 Å². The van der Waals surface area contributed by atoms with Gasteiger partial charge < -0.3 is 10.0 Å². The molecule has 2 rings (SSSR count). The Kier molecular flexibility index (Phi) is 4.61. The van der Waals surface area contributed by atoms with E-state index in [1.54, 1.807) is 12.1 Å². The number of carboxylic acids is 1. The molecule has 1 aromatic rings. The second-order valence-electron chi connectivity index (χ2n) is 4.36. The number of hydrogen-bond acceptors (Lipinski definition) is 3. The Bertz CT molecular complexity index is 512. The fraction of sp³-hybridized carbons (Fsp3) is 0.385. The molecule has 1 aliphatic heterocycles. The van der Waals surface area contributed by atoms with Gasteiger partial charge in [0.25, 0.3) is 0 Å². The van der Waals surface area contributed by atoms with Crippen LogP contribution in [0, 0.1) is 0 Å².